The number of nitrogens with zero attached hydrogens (tertiary/aromatic N) is 3. The van der Waals surface area contributed by atoms with Gasteiger partial charge in [0.2, 0.25) is 11.7 Å². The van der Waals surface area contributed by atoms with Crippen LogP contribution >= 0.6 is 11.8 Å². The lowest BCUT2D eigenvalue weighted by Gasteiger charge is -2.29. The summed E-state index contributed by atoms with van der Waals surface area (Å²) in [5, 5.41) is 9.61. The molecule has 3 atom stereocenters. The summed E-state index contributed by atoms with van der Waals surface area (Å²) < 4.78 is 17.1. The number of thioether (sulfide) groups is 1. The van der Waals surface area contributed by atoms with Gasteiger partial charge in [-0.15, -0.1) is 0 Å². The van der Waals surface area contributed by atoms with Gasteiger partial charge >= 0.3 is 0 Å². The molecule has 0 aliphatic carbocycles. The van der Waals surface area contributed by atoms with E-state index in [1.54, 1.807) is 33.7 Å². The molecule has 0 saturated carbocycles. The Labute approximate surface area is 216 Å². The van der Waals surface area contributed by atoms with Crippen molar-refractivity contribution in [3.63, 3.8) is 0 Å². The molecular weight excluding hydrogens is 478 g/mol. The lowest BCUT2D eigenvalue weighted by molar-refractivity contribution is -0.135. The van der Waals surface area contributed by atoms with Crippen molar-refractivity contribution < 1.29 is 23.8 Å². The van der Waals surface area contributed by atoms with Crippen molar-refractivity contribution in [1.82, 2.24) is 9.80 Å². The number of methoxy groups -OCH3 is 2. The molecule has 0 bridgehead atoms. The van der Waals surface area contributed by atoms with Gasteiger partial charge < -0.3 is 24.0 Å². The first-order valence-electron chi connectivity index (χ1n) is 12.0. The summed E-state index contributed by atoms with van der Waals surface area (Å²) in [6.07, 6.45) is 4.02. The SMILES string of the molecule is COc1cc(C(=O)N2C[C@@H](SC)C[C@H]2C(=O)N2CCCC2C#N)cc(OC)c1OCc1ccccc1. The van der Waals surface area contributed by atoms with Crippen LogP contribution in [0.2, 0.25) is 0 Å². The van der Waals surface area contributed by atoms with Crippen LogP contribution in [-0.2, 0) is 11.4 Å². The predicted octanol–water partition coefficient (Wildman–Crippen LogP) is 3.74. The molecule has 0 N–H and O–H groups in total. The van der Waals surface area contributed by atoms with E-state index in [2.05, 4.69) is 6.07 Å². The van der Waals surface area contributed by atoms with Gasteiger partial charge in [0, 0.05) is 23.9 Å². The maximum atomic E-state index is 13.7. The van der Waals surface area contributed by atoms with Crippen LogP contribution in [0, 0.1) is 11.3 Å². The normalized spacial score (nSPS) is 21.2. The van der Waals surface area contributed by atoms with Crippen LogP contribution in [0.15, 0.2) is 42.5 Å². The largest absolute Gasteiger partial charge is 0.493 e. The van der Waals surface area contributed by atoms with Gasteiger partial charge in [0.05, 0.1) is 20.3 Å². The Kier molecular flexibility index (Phi) is 8.26. The quantitative estimate of drug-likeness (QED) is 0.535. The summed E-state index contributed by atoms with van der Waals surface area (Å²) in [6.45, 7) is 1.32. The Morgan fingerprint density at radius 3 is 2.42 bits per heavy atom. The second-order valence-corrected chi connectivity index (χ2v) is 10.0. The van der Waals surface area contributed by atoms with E-state index in [1.165, 1.54) is 14.2 Å². The number of hydrogen-bond acceptors (Lipinski definition) is 7. The lowest BCUT2D eigenvalue weighted by Crippen LogP contribution is -2.49. The van der Waals surface area contributed by atoms with E-state index in [4.69, 9.17) is 14.2 Å². The van der Waals surface area contributed by atoms with Crippen LogP contribution < -0.4 is 14.2 Å². The van der Waals surface area contributed by atoms with Gasteiger partial charge in [-0.05, 0) is 43.2 Å². The molecule has 2 aliphatic heterocycles. The number of amides is 2. The Morgan fingerprint density at radius 2 is 1.81 bits per heavy atom. The molecule has 2 heterocycles. The molecule has 2 aliphatic rings. The fourth-order valence-electron chi connectivity index (χ4n) is 4.82. The second kappa shape index (κ2) is 11.6. The minimum absolute atomic E-state index is 0.142. The number of carbonyl (C=O) groups excluding carboxylic acids is 2. The highest BCUT2D eigenvalue weighted by atomic mass is 32.2. The van der Waals surface area contributed by atoms with Crippen molar-refractivity contribution in [3.8, 4) is 23.3 Å². The summed E-state index contributed by atoms with van der Waals surface area (Å²) in [6, 6.07) is 14.2. The van der Waals surface area contributed by atoms with E-state index >= 15 is 0 Å². The molecule has 2 saturated heterocycles. The predicted molar refractivity (Wildman–Crippen MR) is 137 cm³/mol. The van der Waals surface area contributed by atoms with Gasteiger partial charge in [0.25, 0.3) is 5.91 Å². The highest BCUT2D eigenvalue weighted by Gasteiger charge is 2.44. The second-order valence-electron chi connectivity index (χ2n) is 8.87. The lowest BCUT2D eigenvalue weighted by atomic mass is 10.1. The minimum atomic E-state index is -0.602. The van der Waals surface area contributed by atoms with Crippen molar-refractivity contribution in [3.05, 3.63) is 53.6 Å². The smallest absolute Gasteiger partial charge is 0.254 e. The summed E-state index contributed by atoms with van der Waals surface area (Å²) in [4.78, 5) is 30.5. The van der Waals surface area contributed by atoms with Crippen LogP contribution in [0.1, 0.15) is 35.2 Å². The van der Waals surface area contributed by atoms with Gasteiger partial charge in [0.1, 0.15) is 18.7 Å². The van der Waals surface area contributed by atoms with Crippen LogP contribution in [-0.4, -0.2) is 72.5 Å². The van der Waals surface area contributed by atoms with Gasteiger partial charge in [-0.25, -0.2) is 0 Å². The molecular formula is C27H31N3O5S. The van der Waals surface area contributed by atoms with Gasteiger partial charge in [0.15, 0.2) is 11.5 Å². The van der Waals surface area contributed by atoms with E-state index < -0.39 is 12.1 Å². The average molecular weight is 510 g/mol. The van der Waals surface area contributed by atoms with Crippen LogP contribution in [0.4, 0.5) is 0 Å². The summed E-state index contributed by atoms with van der Waals surface area (Å²) >= 11 is 1.64. The van der Waals surface area contributed by atoms with Crippen molar-refractivity contribution in [2.75, 3.05) is 33.6 Å². The number of benzene rings is 2. The number of hydrogen-bond donors (Lipinski definition) is 0. The standard InChI is InChI=1S/C27H31N3O5S/c1-33-23-12-19(13-24(34-2)25(23)35-17-18-8-5-4-6-9-18)26(31)30-16-21(36-3)14-22(30)27(32)29-11-7-10-20(29)15-28/h4-6,8-9,12-13,20-22H,7,10-11,14,16-17H2,1-3H3/t20?,21-,22-/m0/s1. The molecule has 9 heteroatoms. The number of ether oxygens (including phenoxy) is 3. The zero-order valence-electron chi connectivity index (χ0n) is 20.8. The molecule has 0 radical (unpaired) electrons. The monoisotopic (exact) mass is 509 g/mol. The molecule has 36 heavy (non-hydrogen) atoms. The minimum Gasteiger partial charge on any atom is -0.493 e. The van der Waals surface area contributed by atoms with Crippen LogP contribution in [0.3, 0.4) is 0 Å². The van der Waals surface area contributed by atoms with Gasteiger partial charge in [-0.1, -0.05) is 30.3 Å². The number of rotatable bonds is 8. The molecule has 2 aromatic rings. The molecule has 0 aromatic heterocycles. The Balaban J connectivity index is 1.60. The zero-order chi connectivity index (χ0) is 25.7. The van der Waals surface area contributed by atoms with E-state index in [9.17, 15) is 14.9 Å². The first kappa shape index (κ1) is 25.7. The number of likely N-dealkylation sites (tertiary alicyclic amines) is 2. The maximum Gasteiger partial charge on any atom is 0.254 e. The van der Waals surface area contributed by atoms with E-state index in [-0.39, 0.29) is 17.1 Å². The topological polar surface area (TPSA) is 92.1 Å². The fraction of sp³-hybridized carbons (Fsp3) is 0.444. The Bertz CT molecular complexity index is 1110. The third kappa shape index (κ3) is 5.24. The highest BCUT2D eigenvalue weighted by Crippen LogP contribution is 2.40. The molecule has 190 valence electrons. The summed E-state index contributed by atoms with van der Waals surface area (Å²) in [7, 11) is 3.03. The summed E-state index contributed by atoms with van der Waals surface area (Å²) in [5.74, 6) is 0.738. The summed E-state index contributed by atoms with van der Waals surface area (Å²) in [5.41, 5.74) is 1.34. The van der Waals surface area contributed by atoms with Crippen molar-refractivity contribution >= 4 is 23.6 Å². The highest BCUT2D eigenvalue weighted by molar-refractivity contribution is 7.99. The first-order chi connectivity index (χ1) is 17.5. The average Bonchev–Trinajstić information content (AvgIpc) is 3.58. The first-order valence-corrected chi connectivity index (χ1v) is 13.3. The number of nitriles is 1. The molecule has 2 fully saturated rings. The van der Waals surface area contributed by atoms with E-state index in [1.807, 2.05) is 36.6 Å². The van der Waals surface area contributed by atoms with Gasteiger partial charge in [-0.3, -0.25) is 9.59 Å². The molecule has 2 amide bonds. The fourth-order valence-corrected chi connectivity index (χ4v) is 5.51. The molecule has 4 rings (SSSR count). The van der Waals surface area contributed by atoms with Crippen LogP contribution in [0.25, 0.3) is 0 Å². The molecule has 0 spiro atoms. The molecule has 1 unspecified atom stereocenters. The number of carbonyl (C=O) groups is 2. The third-order valence-electron chi connectivity index (χ3n) is 6.76. The van der Waals surface area contributed by atoms with E-state index in [0.29, 0.717) is 55.4 Å². The Hall–Kier alpha value is -3.38. The van der Waals surface area contributed by atoms with E-state index in [0.717, 1.165) is 12.0 Å². The van der Waals surface area contributed by atoms with Crippen molar-refractivity contribution in [2.45, 2.75) is 43.2 Å². The maximum absolute atomic E-state index is 13.7. The zero-order valence-corrected chi connectivity index (χ0v) is 21.6. The van der Waals surface area contributed by atoms with Crippen molar-refractivity contribution in [1.29, 1.82) is 5.26 Å². The van der Waals surface area contributed by atoms with Crippen LogP contribution in [0.5, 0.6) is 17.2 Å². The van der Waals surface area contributed by atoms with Gasteiger partial charge in [-0.2, -0.15) is 17.0 Å². The Morgan fingerprint density at radius 1 is 1.11 bits per heavy atom. The third-order valence-corrected chi connectivity index (χ3v) is 7.77. The van der Waals surface area contributed by atoms with Crippen molar-refractivity contribution in [2.24, 2.45) is 0 Å². The molecule has 2 aromatic carbocycles. The molecule has 8 nitrogen and oxygen atoms in total.